The van der Waals surface area contributed by atoms with Crippen molar-refractivity contribution in [2.45, 2.75) is 0 Å². The summed E-state index contributed by atoms with van der Waals surface area (Å²) in [5.74, 6) is -1.09. The highest BCUT2D eigenvalue weighted by Crippen LogP contribution is 2.08. The summed E-state index contributed by atoms with van der Waals surface area (Å²) in [5.41, 5.74) is 0.513. The molecule has 0 saturated carbocycles. The fourth-order valence-corrected chi connectivity index (χ4v) is 2.25. The quantitative estimate of drug-likeness (QED) is 0.210. The molecule has 10 heteroatoms. The van der Waals surface area contributed by atoms with Crippen LogP contribution in [0.1, 0.15) is 20.7 Å². The summed E-state index contributed by atoms with van der Waals surface area (Å²) >= 11 is 0. The Bertz CT molecular complexity index is 573. The van der Waals surface area contributed by atoms with Crippen LogP contribution in [0.2, 0.25) is 0 Å². The molecule has 0 aliphatic carbocycles. The molecule has 0 aliphatic rings. The molecular weight excluding hydrogens is 424 g/mol. The predicted octanol–water partition coefficient (Wildman–Crippen LogP) is 1.36. The molecule has 0 atom stereocenters. The number of hydrogen-bond acceptors (Lipinski definition) is 10. The molecule has 182 valence electrons. The molecule has 0 N–H and O–H groups in total. The van der Waals surface area contributed by atoms with E-state index in [4.69, 9.17) is 37.9 Å². The Morgan fingerprint density at radius 3 is 1.28 bits per heavy atom. The van der Waals surface area contributed by atoms with E-state index in [1.807, 2.05) is 0 Å². The van der Waals surface area contributed by atoms with Crippen LogP contribution in [0.15, 0.2) is 24.3 Å². The molecule has 0 saturated heterocycles. The van der Waals surface area contributed by atoms with Crippen molar-refractivity contribution in [1.82, 2.24) is 0 Å². The second kappa shape index (κ2) is 19.6. The van der Waals surface area contributed by atoms with Crippen LogP contribution in [0.4, 0.5) is 0 Å². The first-order chi connectivity index (χ1) is 15.7. The van der Waals surface area contributed by atoms with Gasteiger partial charge in [0, 0.05) is 14.2 Å². The summed E-state index contributed by atoms with van der Waals surface area (Å²) in [6.45, 7) is 4.43. The van der Waals surface area contributed by atoms with Crippen LogP contribution >= 0.6 is 0 Å². The third kappa shape index (κ3) is 14.1. The second-order valence-electron chi connectivity index (χ2n) is 6.29. The summed E-state index contributed by atoms with van der Waals surface area (Å²) in [7, 11) is 3.21. The second-order valence-corrected chi connectivity index (χ2v) is 6.29. The van der Waals surface area contributed by atoms with E-state index in [2.05, 4.69) is 0 Å². The van der Waals surface area contributed by atoms with Gasteiger partial charge in [-0.2, -0.15) is 0 Å². The Labute approximate surface area is 189 Å². The number of hydrogen-bond donors (Lipinski definition) is 0. The van der Waals surface area contributed by atoms with E-state index in [1.165, 1.54) is 6.07 Å². The van der Waals surface area contributed by atoms with Gasteiger partial charge in [-0.15, -0.1) is 0 Å². The summed E-state index contributed by atoms with van der Waals surface area (Å²) in [6, 6.07) is 6.15. The molecule has 0 amide bonds. The number of carbonyl (C=O) groups excluding carboxylic acids is 2. The molecule has 32 heavy (non-hydrogen) atoms. The minimum atomic E-state index is -0.545. The van der Waals surface area contributed by atoms with Crippen molar-refractivity contribution in [3.63, 3.8) is 0 Å². The third-order valence-electron chi connectivity index (χ3n) is 3.86. The summed E-state index contributed by atoms with van der Waals surface area (Å²) in [5, 5.41) is 0. The van der Waals surface area contributed by atoms with E-state index in [1.54, 1.807) is 32.4 Å². The molecule has 10 nitrogen and oxygen atoms in total. The third-order valence-corrected chi connectivity index (χ3v) is 3.86. The molecule has 0 aliphatic heterocycles. The Morgan fingerprint density at radius 2 is 0.906 bits per heavy atom. The number of rotatable bonds is 20. The van der Waals surface area contributed by atoms with Crippen LogP contribution in [0, 0.1) is 0 Å². The fraction of sp³-hybridized carbons (Fsp3) is 0.636. The number of ether oxygens (including phenoxy) is 8. The molecule has 0 fully saturated rings. The molecule has 0 unspecified atom stereocenters. The van der Waals surface area contributed by atoms with Gasteiger partial charge in [0.05, 0.1) is 77.2 Å². The lowest BCUT2D eigenvalue weighted by Gasteiger charge is -2.09. The smallest absolute Gasteiger partial charge is 0.338 e. The highest BCUT2D eigenvalue weighted by molar-refractivity contribution is 5.95. The molecule has 0 radical (unpaired) electrons. The van der Waals surface area contributed by atoms with E-state index in [-0.39, 0.29) is 37.6 Å². The van der Waals surface area contributed by atoms with Gasteiger partial charge < -0.3 is 37.9 Å². The highest BCUT2D eigenvalue weighted by atomic mass is 16.6. The van der Waals surface area contributed by atoms with Crippen LogP contribution in [0.5, 0.6) is 0 Å². The highest BCUT2D eigenvalue weighted by Gasteiger charge is 2.12. The minimum Gasteiger partial charge on any atom is -0.460 e. The van der Waals surface area contributed by atoms with Gasteiger partial charge >= 0.3 is 11.9 Å². The lowest BCUT2D eigenvalue weighted by atomic mass is 10.1. The van der Waals surface area contributed by atoms with Gasteiger partial charge in [-0.25, -0.2) is 9.59 Å². The Kier molecular flexibility index (Phi) is 17.1. The molecule has 0 bridgehead atoms. The fourth-order valence-electron chi connectivity index (χ4n) is 2.25. The first-order valence-corrected chi connectivity index (χ1v) is 10.4. The normalized spacial score (nSPS) is 10.8. The molecule has 1 rings (SSSR count). The van der Waals surface area contributed by atoms with Crippen LogP contribution in [-0.4, -0.2) is 105 Å². The van der Waals surface area contributed by atoms with E-state index < -0.39 is 11.9 Å². The summed E-state index contributed by atoms with van der Waals surface area (Å²) < 4.78 is 41.2. The van der Waals surface area contributed by atoms with Crippen molar-refractivity contribution in [3.8, 4) is 0 Å². The number of benzene rings is 1. The van der Waals surface area contributed by atoms with Gasteiger partial charge in [0.25, 0.3) is 0 Å². The molecular formula is C22H34O10. The van der Waals surface area contributed by atoms with E-state index in [0.29, 0.717) is 52.9 Å². The van der Waals surface area contributed by atoms with Crippen LogP contribution in [-0.2, 0) is 37.9 Å². The van der Waals surface area contributed by atoms with Crippen molar-refractivity contribution in [2.75, 3.05) is 93.5 Å². The average Bonchev–Trinajstić information content (AvgIpc) is 2.81. The number of methoxy groups -OCH3 is 2. The Morgan fingerprint density at radius 1 is 0.562 bits per heavy atom. The summed E-state index contributed by atoms with van der Waals surface area (Å²) in [4.78, 5) is 24.3. The SMILES string of the molecule is COCCOCCOCCOC(=O)c1cccc(C(=O)OCCOCCOCCOC)c1. The maximum atomic E-state index is 12.1. The van der Waals surface area contributed by atoms with Crippen LogP contribution in [0.25, 0.3) is 0 Å². The van der Waals surface area contributed by atoms with Gasteiger partial charge in [-0.05, 0) is 18.2 Å². The summed E-state index contributed by atoms with van der Waals surface area (Å²) in [6.07, 6.45) is 0. The van der Waals surface area contributed by atoms with Gasteiger partial charge in [0.15, 0.2) is 0 Å². The van der Waals surface area contributed by atoms with Gasteiger partial charge in [-0.3, -0.25) is 0 Å². The van der Waals surface area contributed by atoms with Gasteiger partial charge in [0.1, 0.15) is 13.2 Å². The van der Waals surface area contributed by atoms with E-state index in [0.717, 1.165) is 0 Å². The van der Waals surface area contributed by atoms with Crippen molar-refractivity contribution >= 4 is 11.9 Å². The maximum absolute atomic E-state index is 12.1. The van der Waals surface area contributed by atoms with Crippen molar-refractivity contribution in [2.24, 2.45) is 0 Å². The maximum Gasteiger partial charge on any atom is 0.338 e. The lowest BCUT2D eigenvalue weighted by Crippen LogP contribution is -2.15. The predicted molar refractivity (Wildman–Crippen MR) is 114 cm³/mol. The molecule has 1 aromatic rings. The number of carbonyl (C=O) groups is 2. The Balaban J connectivity index is 2.17. The topological polar surface area (TPSA) is 108 Å². The zero-order valence-corrected chi connectivity index (χ0v) is 18.9. The van der Waals surface area contributed by atoms with Crippen molar-refractivity contribution in [1.29, 1.82) is 0 Å². The lowest BCUT2D eigenvalue weighted by molar-refractivity contribution is 0.00554. The standard InChI is InChI=1S/C22H34O10/c1-25-6-8-27-10-12-29-14-16-31-21(23)19-4-3-5-20(18-19)22(24)32-17-15-30-13-11-28-9-7-26-2/h3-5,18H,6-17H2,1-2H3. The first kappa shape index (κ1) is 28.0. The first-order valence-electron chi connectivity index (χ1n) is 10.4. The van der Waals surface area contributed by atoms with Gasteiger partial charge in [0.2, 0.25) is 0 Å². The van der Waals surface area contributed by atoms with E-state index >= 15 is 0 Å². The average molecular weight is 459 g/mol. The van der Waals surface area contributed by atoms with Crippen molar-refractivity contribution in [3.05, 3.63) is 35.4 Å². The monoisotopic (exact) mass is 458 g/mol. The molecule has 0 spiro atoms. The van der Waals surface area contributed by atoms with E-state index in [9.17, 15) is 9.59 Å². The van der Waals surface area contributed by atoms with Crippen LogP contribution in [0.3, 0.4) is 0 Å². The largest absolute Gasteiger partial charge is 0.460 e. The zero-order chi connectivity index (χ0) is 23.3. The molecule has 1 aromatic carbocycles. The zero-order valence-electron chi connectivity index (χ0n) is 18.9. The minimum absolute atomic E-state index is 0.0953. The molecule has 0 aromatic heterocycles. The van der Waals surface area contributed by atoms with Crippen LogP contribution < -0.4 is 0 Å². The number of esters is 2. The van der Waals surface area contributed by atoms with Gasteiger partial charge in [-0.1, -0.05) is 6.07 Å². The molecule has 0 heterocycles. The van der Waals surface area contributed by atoms with Crippen molar-refractivity contribution < 1.29 is 47.5 Å². The Hall–Kier alpha value is -2.08.